The van der Waals surface area contributed by atoms with E-state index in [0.29, 0.717) is 0 Å². The number of piperidine rings is 1. The lowest BCUT2D eigenvalue weighted by atomic mass is 9.74. The van der Waals surface area contributed by atoms with E-state index in [2.05, 4.69) is 56.9 Å². The summed E-state index contributed by atoms with van der Waals surface area (Å²) in [6.07, 6.45) is 9.41. The first-order valence-corrected chi connectivity index (χ1v) is 10.9. The van der Waals surface area contributed by atoms with Gasteiger partial charge in [-0.2, -0.15) is 10.5 Å². The zero-order valence-electron chi connectivity index (χ0n) is 17.3. The maximum atomic E-state index is 9.23. The van der Waals surface area contributed by atoms with E-state index in [9.17, 15) is 10.5 Å². The number of hydrogen-bond donors (Lipinski definition) is 0. The number of hydrogen-bond acceptors (Lipinski definition) is 4. The molecule has 4 heteroatoms. The van der Waals surface area contributed by atoms with Crippen LogP contribution in [0.15, 0.2) is 41.0 Å². The Morgan fingerprint density at radius 3 is 2.43 bits per heavy atom. The molecule has 1 aliphatic heterocycles. The molecule has 146 valence electrons. The predicted octanol–water partition coefficient (Wildman–Crippen LogP) is 6.33. The van der Waals surface area contributed by atoms with Crippen LogP contribution in [0.4, 0.5) is 5.00 Å². The number of anilines is 1. The standard InChI is InChI=1S/C24H29N3S/c1-17-9-18(2)16-27(15-17)23-8-7-22(28-23)6-5-19-10-20(21(13-25)14-26)12-24(3,4)11-19/h5-8,10,17-18H,9,11-12,15-16H2,1-4H3/b6-5+. The van der Waals surface area contributed by atoms with Gasteiger partial charge in [0.1, 0.15) is 17.7 Å². The molecule has 1 aliphatic carbocycles. The van der Waals surface area contributed by atoms with E-state index in [4.69, 9.17) is 0 Å². The van der Waals surface area contributed by atoms with Gasteiger partial charge in [0.2, 0.25) is 0 Å². The highest BCUT2D eigenvalue weighted by Crippen LogP contribution is 2.40. The summed E-state index contributed by atoms with van der Waals surface area (Å²) in [5.41, 5.74) is 2.35. The van der Waals surface area contributed by atoms with Crippen LogP contribution in [0.3, 0.4) is 0 Å². The van der Waals surface area contributed by atoms with Crippen molar-refractivity contribution < 1.29 is 0 Å². The fourth-order valence-electron chi connectivity index (χ4n) is 4.53. The maximum absolute atomic E-state index is 9.23. The molecule has 28 heavy (non-hydrogen) atoms. The van der Waals surface area contributed by atoms with Crippen molar-refractivity contribution in [3.63, 3.8) is 0 Å². The molecular formula is C24H29N3S. The number of nitriles is 2. The van der Waals surface area contributed by atoms with Crippen LogP contribution in [0.1, 0.15) is 51.8 Å². The molecule has 2 unspecified atom stereocenters. The number of rotatable bonds is 3. The predicted molar refractivity (Wildman–Crippen MR) is 118 cm³/mol. The van der Waals surface area contributed by atoms with Crippen LogP contribution < -0.4 is 4.90 Å². The highest BCUT2D eigenvalue weighted by molar-refractivity contribution is 7.16. The van der Waals surface area contributed by atoms with E-state index in [1.165, 1.54) is 21.9 Å². The lowest BCUT2D eigenvalue weighted by molar-refractivity contribution is 0.354. The Labute approximate surface area is 173 Å². The van der Waals surface area contributed by atoms with E-state index in [1.807, 2.05) is 29.6 Å². The van der Waals surface area contributed by atoms with Crippen LogP contribution in [0.5, 0.6) is 0 Å². The second-order valence-corrected chi connectivity index (χ2v) is 10.3. The summed E-state index contributed by atoms with van der Waals surface area (Å²) in [5.74, 6) is 1.50. The Morgan fingerprint density at radius 1 is 1.11 bits per heavy atom. The van der Waals surface area contributed by atoms with E-state index >= 15 is 0 Å². The molecule has 0 radical (unpaired) electrons. The lowest BCUT2D eigenvalue weighted by Gasteiger charge is -2.35. The van der Waals surface area contributed by atoms with Crippen LogP contribution in [0.2, 0.25) is 0 Å². The monoisotopic (exact) mass is 391 g/mol. The zero-order chi connectivity index (χ0) is 20.3. The second kappa shape index (κ2) is 8.38. The minimum absolute atomic E-state index is 0.0589. The third kappa shape index (κ3) is 4.94. The molecule has 0 saturated carbocycles. The molecule has 2 aliphatic rings. The molecule has 2 atom stereocenters. The number of allylic oxidation sites excluding steroid dienone is 5. The van der Waals surface area contributed by atoms with Gasteiger partial charge in [0.15, 0.2) is 0 Å². The first-order chi connectivity index (χ1) is 13.3. The molecule has 1 saturated heterocycles. The molecule has 2 heterocycles. The van der Waals surface area contributed by atoms with Gasteiger partial charge in [0.25, 0.3) is 0 Å². The van der Waals surface area contributed by atoms with Crippen molar-refractivity contribution in [1.29, 1.82) is 10.5 Å². The molecule has 1 aromatic heterocycles. The van der Waals surface area contributed by atoms with Crippen molar-refractivity contribution in [3.05, 3.63) is 45.9 Å². The average molecular weight is 392 g/mol. The summed E-state index contributed by atoms with van der Waals surface area (Å²) < 4.78 is 0. The Balaban J connectivity index is 1.78. The van der Waals surface area contributed by atoms with Crippen LogP contribution in [0.25, 0.3) is 6.08 Å². The minimum atomic E-state index is 0.0589. The molecule has 0 aromatic carbocycles. The smallest absolute Gasteiger partial charge is 0.132 e. The average Bonchev–Trinajstić information content (AvgIpc) is 3.08. The molecule has 1 fully saturated rings. The van der Waals surface area contributed by atoms with E-state index in [0.717, 1.165) is 43.3 Å². The molecule has 1 aromatic rings. The zero-order valence-corrected chi connectivity index (χ0v) is 18.1. The maximum Gasteiger partial charge on any atom is 0.132 e. The van der Waals surface area contributed by atoms with Gasteiger partial charge < -0.3 is 4.90 Å². The van der Waals surface area contributed by atoms with Crippen molar-refractivity contribution in [2.24, 2.45) is 17.3 Å². The quantitative estimate of drug-likeness (QED) is 0.565. The van der Waals surface area contributed by atoms with Gasteiger partial charge in [0, 0.05) is 18.0 Å². The van der Waals surface area contributed by atoms with Gasteiger partial charge in [-0.1, -0.05) is 39.8 Å². The topological polar surface area (TPSA) is 50.8 Å². The number of thiophene rings is 1. The Kier molecular flexibility index (Phi) is 6.11. The van der Waals surface area contributed by atoms with Gasteiger partial charge in [-0.3, -0.25) is 0 Å². The van der Waals surface area contributed by atoms with Gasteiger partial charge in [0.05, 0.1) is 5.00 Å². The Bertz CT molecular complexity index is 875. The highest BCUT2D eigenvalue weighted by Gasteiger charge is 2.26. The van der Waals surface area contributed by atoms with Crippen molar-refractivity contribution in [2.45, 2.75) is 47.0 Å². The SMILES string of the molecule is CC1CC(C)CN(c2ccc(/C=C/C3=CC(=C(C#N)C#N)CC(C)(C)C3)s2)C1. The van der Waals surface area contributed by atoms with Crippen LogP contribution >= 0.6 is 11.3 Å². The second-order valence-electron chi connectivity index (χ2n) is 9.22. The van der Waals surface area contributed by atoms with E-state index in [-0.39, 0.29) is 11.0 Å². The Morgan fingerprint density at radius 2 is 1.79 bits per heavy atom. The summed E-state index contributed by atoms with van der Waals surface area (Å²) in [6, 6.07) is 8.53. The summed E-state index contributed by atoms with van der Waals surface area (Å²) in [4.78, 5) is 3.77. The molecule has 0 N–H and O–H groups in total. The molecule has 3 rings (SSSR count). The molecule has 0 bridgehead atoms. The van der Waals surface area contributed by atoms with Crippen molar-refractivity contribution in [3.8, 4) is 12.1 Å². The van der Waals surface area contributed by atoms with Crippen molar-refractivity contribution in [1.82, 2.24) is 0 Å². The molecular weight excluding hydrogens is 362 g/mol. The minimum Gasteiger partial charge on any atom is -0.363 e. The third-order valence-corrected chi connectivity index (χ3v) is 6.62. The van der Waals surface area contributed by atoms with E-state index in [1.54, 1.807) is 0 Å². The van der Waals surface area contributed by atoms with Crippen LogP contribution in [-0.2, 0) is 0 Å². The van der Waals surface area contributed by atoms with Gasteiger partial charge in [-0.05, 0) is 65.9 Å². The van der Waals surface area contributed by atoms with Gasteiger partial charge >= 0.3 is 0 Å². The van der Waals surface area contributed by atoms with Crippen molar-refractivity contribution >= 4 is 22.4 Å². The molecule has 0 spiro atoms. The summed E-state index contributed by atoms with van der Waals surface area (Å²) >= 11 is 1.84. The van der Waals surface area contributed by atoms with Crippen LogP contribution in [-0.4, -0.2) is 13.1 Å². The van der Waals surface area contributed by atoms with Gasteiger partial charge in [-0.15, -0.1) is 11.3 Å². The summed E-state index contributed by atoms with van der Waals surface area (Å²) in [7, 11) is 0. The first kappa shape index (κ1) is 20.4. The molecule has 0 amide bonds. The normalized spacial score (nSPS) is 24.6. The van der Waals surface area contributed by atoms with Gasteiger partial charge in [-0.25, -0.2) is 0 Å². The third-order valence-electron chi connectivity index (χ3n) is 5.51. The fourth-order valence-corrected chi connectivity index (χ4v) is 5.45. The lowest BCUT2D eigenvalue weighted by Crippen LogP contribution is -2.38. The largest absolute Gasteiger partial charge is 0.363 e. The van der Waals surface area contributed by atoms with Crippen molar-refractivity contribution in [2.75, 3.05) is 18.0 Å². The summed E-state index contributed by atoms with van der Waals surface area (Å²) in [5, 5.41) is 19.8. The van der Waals surface area contributed by atoms with E-state index < -0.39 is 0 Å². The Hall–Kier alpha value is -2.30. The number of nitrogens with zero attached hydrogens (tertiary/aromatic N) is 3. The summed E-state index contributed by atoms with van der Waals surface area (Å²) in [6.45, 7) is 11.4. The van der Waals surface area contributed by atoms with Crippen LogP contribution in [0, 0.1) is 39.9 Å². The first-order valence-electron chi connectivity index (χ1n) is 10.1. The fraction of sp³-hybridized carbons (Fsp3) is 0.500. The molecule has 3 nitrogen and oxygen atoms in total. The highest BCUT2D eigenvalue weighted by atomic mass is 32.1.